The summed E-state index contributed by atoms with van der Waals surface area (Å²) < 4.78 is 9.92. The van der Waals surface area contributed by atoms with Crippen LogP contribution in [0.2, 0.25) is 0 Å². The van der Waals surface area contributed by atoms with E-state index in [0.29, 0.717) is 0 Å². The zero-order valence-electron chi connectivity index (χ0n) is 11.1. The Morgan fingerprint density at radius 1 is 1.38 bits per heavy atom. The molecule has 1 atom stereocenters. The summed E-state index contributed by atoms with van der Waals surface area (Å²) in [5, 5.41) is 9.51. The Bertz CT molecular complexity index is 571. The van der Waals surface area contributed by atoms with E-state index in [1.165, 1.54) is 19.2 Å². The molecule has 0 radical (unpaired) electrons. The molecule has 0 spiro atoms. The van der Waals surface area contributed by atoms with Crippen LogP contribution in [0.5, 0.6) is 5.75 Å². The largest absolute Gasteiger partial charge is 0.467 e. The molecule has 8 heteroatoms. The first-order valence-electron chi connectivity index (χ1n) is 6.02. The van der Waals surface area contributed by atoms with E-state index in [1.54, 1.807) is 12.1 Å². The minimum atomic E-state index is -1.48. The fourth-order valence-electron chi connectivity index (χ4n) is 1.71. The Morgan fingerprint density at radius 2 is 2.10 bits per heavy atom. The van der Waals surface area contributed by atoms with E-state index in [2.05, 4.69) is 0 Å². The van der Waals surface area contributed by atoms with Crippen LogP contribution in [0.15, 0.2) is 24.3 Å². The molecule has 21 heavy (non-hydrogen) atoms. The Morgan fingerprint density at radius 3 is 2.71 bits per heavy atom. The lowest BCUT2D eigenvalue weighted by atomic mass is 10.2. The Labute approximate surface area is 119 Å². The SMILES string of the molecule is COCOc1ccccc1C(=O)ON1C(=O)CC(O)C1=O. The van der Waals surface area contributed by atoms with Gasteiger partial charge in [-0.3, -0.25) is 9.59 Å². The van der Waals surface area contributed by atoms with Crippen molar-refractivity contribution >= 4 is 17.8 Å². The molecule has 2 rings (SSSR count). The summed E-state index contributed by atoms with van der Waals surface area (Å²) >= 11 is 0. The van der Waals surface area contributed by atoms with Crippen LogP contribution in [0, 0.1) is 0 Å². The van der Waals surface area contributed by atoms with Gasteiger partial charge in [0.2, 0.25) is 0 Å². The molecule has 112 valence electrons. The molecule has 2 amide bonds. The third-order valence-electron chi connectivity index (χ3n) is 2.69. The zero-order valence-corrected chi connectivity index (χ0v) is 11.1. The summed E-state index contributed by atoms with van der Waals surface area (Å²) in [5.74, 6) is -2.51. The van der Waals surface area contributed by atoms with Gasteiger partial charge in [-0.2, -0.15) is 0 Å². The Balaban J connectivity index is 2.14. The summed E-state index contributed by atoms with van der Waals surface area (Å²) in [6, 6.07) is 6.13. The zero-order chi connectivity index (χ0) is 15.4. The van der Waals surface area contributed by atoms with Crippen molar-refractivity contribution in [2.75, 3.05) is 13.9 Å². The fourth-order valence-corrected chi connectivity index (χ4v) is 1.71. The smallest absolute Gasteiger partial charge is 0.367 e. The van der Waals surface area contributed by atoms with E-state index in [4.69, 9.17) is 14.3 Å². The quantitative estimate of drug-likeness (QED) is 0.595. The average Bonchev–Trinajstić information content (AvgIpc) is 2.72. The van der Waals surface area contributed by atoms with Crippen LogP contribution in [-0.2, 0) is 19.2 Å². The maximum atomic E-state index is 12.0. The minimum Gasteiger partial charge on any atom is -0.467 e. The van der Waals surface area contributed by atoms with Gasteiger partial charge in [-0.1, -0.05) is 17.2 Å². The number of amides is 2. The first-order chi connectivity index (χ1) is 10.0. The van der Waals surface area contributed by atoms with Crippen LogP contribution in [-0.4, -0.2) is 48.0 Å². The molecule has 1 N–H and O–H groups in total. The number of nitrogens with zero attached hydrogens (tertiary/aromatic N) is 1. The van der Waals surface area contributed by atoms with Crippen molar-refractivity contribution in [2.45, 2.75) is 12.5 Å². The van der Waals surface area contributed by atoms with E-state index < -0.39 is 30.3 Å². The average molecular weight is 295 g/mol. The molecule has 1 heterocycles. The van der Waals surface area contributed by atoms with Crippen molar-refractivity contribution in [1.82, 2.24) is 5.06 Å². The molecule has 1 aromatic rings. The van der Waals surface area contributed by atoms with E-state index >= 15 is 0 Å². The van der Waals surface area contributed by atoms with Crippen molar-refractivity contribution in [3.8, 4) is 5.75 Å². The van der Waals surface area contributed by atoms with Crippen molar-refractivity contribution in [3.05, 3.63) is 29.8 Å². The van der Waals surface area contributed by atoms with E-state index in [9.17, 15) is 19.5 Å². The third kappa shape index (κ3) is 3.18. The summed E-state index contributed by atoms with van der Waals surface area (Å²) in [6.45, 7) is -0.0788. The number of imide groups is 1. The minimum absolute atomic E-state index is 0.0246. The monoisotopic (exact) mass is 295 g/mol. The number of para-hydroxylation sites is 1. The first-order valence-corrected chi connectivity index (χ1v) is 6.02. The Kier molecular flexibility index (Phi) is 4.51. The molecule has 1 saturated heterocycles. The van der Waals surface area contributed by atoms with Gasteiger partial charge < -0.3 is 19.4 Å². The normalized spacial score (nSPS) is 18.0. The molecule has 0 aromatic heterocycles. The lowest BCUT2D eigenvalue weighted by Gasteiger charge is -2.14. The summed E-state index contributed by atoms with van der Waals surface area (Å²) in [6.07, 6.45) is -1.89. The number of aliphatic hydroxyl groups excluding tert-OH is 1. The van der Waals surface area contributed by atoms with Crippen molar-refractivity contribution in [1.29, 1.82) is 0 Å². The standard InChI is InChI=1S/C13H13NO7/c1-19-7-20-10-5-3-2-4-8(10)13(18)21-14-11(16)6-9(15)12(14)17/h2-5,9,15H,6-7H2,1H3. The van der Waals surface area contributed by atoms with Gasteiger partial charge in [-0.15, -0.1) is 0 Å². The molecular weight excluding hydrogens is 282 g/mol. The number of carbonyl (C=O) groups excluding carboxylic acids is 3. The van der Waals surface area contributed by atoms with Crippen LogP contribution >= 0.6 is 0 Å². The topological polar surface area (TPSA) is 102 Å². The van der Waals surface area contributed by atoms with Gasteiger partial charge >= 0.3 is 5.97 Å². The van der Waals surface area contributed by atoms with Gasteiger partial charge in [0.15, 0.2) is 6.79 Å². The number of rotatable bonds is 5. The van der Waals surface area contributed by atoms with Crippen LogP contribution in [0.1, 0.15) is 16.8 Å². The van der Waals surface area contributed by atoms with E-state index in [1.807, 2.05) is 0 Å². The van der Waals surface area contributed by atoms with Gasteiger partial charge in [-0.25, -0.2) is 4.79 Å². The molecule has 1 aliphatic rings. The highest BCUT2D eigenvalue weighted by Crippen LogP contribution is 2.21. The van der Waals surface area contributed by atoms with Gasteiger partial charge in [0.25, 0.3) is 11.8 Å². The highest BCUT2D eigenvalue weighted by molar-refractivity contribution is 6.05. The predicted octanol–water partition coefficient (Wildman–Crippen LogP) is -0.139. The van der Waals surface area contributed by atoms with Gasteiger partial charge in [0, 0.05) is 7.11 Å². The lowest BCUT2D eigenvalue weighted by molar-refractivity contribution is -0.175. The molecule has 0 aliphatic carbocycles. The number of hydroxylamine groups is 2. The molecular formula is C13H13NO7. The molecule has 0 saturated carbocycles. The third-order valence-corrected chi connectivity index (χ3v) is 2.69. The van der Waals surface area contributed by atoms with Crippen LogP contribution in [0.3, 0.4) is 0 Å². The number of methoxy groups -OCH3 is 1. The molecule has 1 unspecified atom stereocenters. The second-order valence-corrected chi connectivity index (χ2v) is 4.17. The Hall–Kier alpha value is -2.45. The summed E-state index contributed by atoms with van der Waals surface area (Å²) in [7, 11) is 1.42. The number of benzene rings is 1. The van der Waals surface area contributed by atoms with Crippen molar-refractivity contribution in [3.63, 3.8) is 0 Å². The van der Waals surface area contributed by atoms with E-state index in [0.717, 1.165) is 0 Å². The van der Waals surface area contributed by atoms with Gasteiger partial charge in [0.05, 0.1) is 6.42 Å². The van der Waals surface area contributed by atoms with Crippen LogP contribution in [0.25, 0.3) is 0 Å². The second kappa shape index (κ2) is 6.33. The highest BCUT2D eigenvalue weighted by atomic mass is 16.7. The van der Waals surface area contributed by atoms with Crippen molar-refractivity contribution in [2.24, 2.45) is 0 Å². The number of carbonyl (C=O) groups is 3. The van der Waals surface area contributed by atoms with Crippen LogP contribution < -0.4 is 4.74 Å². The first kappa shape index (κ1) is 14.9. The molecule has 1 fully saturated rings. The summed E-state index contributed by atoms with van der Waals surface area (Å²) in [5.41, 5.74) is 0.0246. The van der Waals surface area contributed by atoms with Gasteiger partial charge in [-0.05, 0) is 12.1 Å². The van der Waals surface area contributed by atoms with Gasteiger partial charge in [0.1, 0.15) is 17.4 Å². The summed E-state index contributed by atoms with van der Waals surface area (Å²) in [4.78, 5) is 39.6. The molecule has 1 aliphatic heterocycles. The maximum absolute atomic E-state index is 12.0. The number of hydrogen-bond acceptors (Lipinski definition) is 7. The maximum Gasteiger partial charge on any atom is 0.367 e. The van der Waals surface area contributed by atoms with Crippen LogP contribution in [0.4, 0.5) is 0 Å². The predicted molar refractivity (Wildman–Crippen MR) is 66.8 cm³/mol. The van der Waals surface area contributed by atoms with Crippen molar-refractivity contribution < 1.29 is 33.8 Å². The van der Waals surface area contributed by atoms with E-state index in [-0.39, 0.29) is 23.2 Å². The molecule has 0 bridgehead atoms. The number of ether oxygens (including phenoxy) is 2. The fraction of sp³-hybridized carbons (Fsp3) is 0.308. The second-order valence-electron chi connectivity index (χ2n) is 4.17. The molecule has 1 aromatic carbocycles. The number of hydrogen-bond donors (Lipinski definition) is 1. The number of aliphatic hydroxyl groups is 1. The highest BCUT2D eigenvalue weighted by Gasteiger charge is 2.41. The molecule has 8 nitrogen and oxygen atoms in total. The lowest BCUT2D eigenvalue weighted by Crippen LogP contribution is -2.34.